The molecular weight excluding hydrogens is 344 g/mol. The maximum absolute atomic E-state index is 13.6. The van der Waals surface area contributed by atoms with Gasteiger partial charge in [-0.3, -0.25) is 0 Å². The molecule has 8 heteroatoms. The number of aromatic nitrogens is 2. The highest BCUT2D eigenvalue weighted by molar-refractivity contribution is 6.43. The van der Waals surface area contributed by atoms with Gasteiger partial charge in [0.2, 0.25) is 5.95 Å². The zero-order chi connectivity index (χ0) is 16.6. The second-order valence-corrected chi connectivity index (χ2v) is 5.44. The van der Waals surface area contributed by atoms with Gasteiger partial charge >= 0.3 is 5.97 Å². The quantitative estimate of drug-likeness (QED) is 0.678. The monoisotopic (exact) mass is 353 g/mol. The molecule has 0 atom stereocenters. The first-order valence-corrected chi connectivity index (χ1v) is 7.24. The van der Waals surface area contributed by atoms with Gasteiger partial charge in [0.25, 0.3) is 0 Å². The van der Waals surface area contributed by atoms with E-state index in [0.717, 1.165) is 6.07 Å². The molecule has 0 bridgehead atoms. The van der Waals surface area contributed by atoms with E-state index in [-0.39, 0.29) is 11.1 Å². The van der Waals surface area contributed by atoms with E-state index in [1.165, 1.54) is 13.2 Å². The van der Waals surface area contributed by atoms with Crippen LogP contribution in [0.1, 0.15) is 10.4 Å². The van der Waals surface area contributed by atoms with Crippen molar-refractivity contribution >= 4 is 51.8 Å². The summed E-state index contributed by atoms with van der Waals surface area (Å²) in [5, 5.41) is 3.66. The fourth-order valence-corrected chi connectivity index (χ4v) is 2.48. The molecule has 3 rings (SSSR count). The van der Waals surface area contributed by atoms with E-state index in [1.807, 2.05) is 0 Å². The largest absolute Gasteiger partial charge is 0.465 e. The number of rotatable bonds is 3. The number of H-pyrrole nitrogens is 1. The predicted octanol–water partition coefficient (Wildman–Crippen LogP) is 4.54. The lowest BCUT2D eigenvalue weighted by atomic mass is 10.2. The number of esters is 1. The lowest BCUT2D eigenvalue weighted by Crippen LogP contribution is -2.03. The van der Waals surface area contributed by atoms with Crippen LogP contribution in [0.15, 0.2) is 30.3 Å². The first-order chi connectivity index (χ1) is 11.0. The number of hydrogen-bond donors (Lipinski definition) is 2. The molecule has 1 aromatic heterocycles. The average molecular weight is 354 g/mol. The van der Waals surface area contributed by atoms with Gasteiger partial charge in [-0.2, -0.15) is 0 Å². The van der Waals surface area contributed by atoms with Crippen molar-refractivity contribution in [2.75, 3.05) is 12.4 Å². The summed E-state index contributed by atoms with van der Waals surface area (Å²) in [4.78, 5) is 18.9. The lowest BCUT2D eigenvalue weighted by molar-refractivity contribution is 0.0602. The summed E-state index contributed by atoms with van der Waals surface area (Å²) < 4.78 is 18.3. The molecule has 0 fully saturated rings. The minimum Gasteiger partial charge on any atom is -0.465 e. The van der Waals surface area contributed by atoms with Crippen molar-refractivity contribution < 1.29 is 13.9 Å². The molecule has 0 saturated heterocycles. The van der Waals surface area contributed by atoms with Crippen LogP contribution >= 0.6 is 23.2 Å². The highest BCUT2D eigenvalue weighted by atomic mass is 35.5. The van der Waals surface area contributed by atoms with Crippen molar-refractivity contribution in [1.82, 2.24) is 9.97 Å². The van der Waals surface area contributed by atoms with Crippen LogP contribution in [0.2, 0.25) is 10.0 Å². The molecule has 0 aliphatic heterocycles. The number of ether oxygens (including phenoxy) is 1. The Hall–Kier alpha value is -2.31. The molecule has 1 heterocycles. The van der Waals surface area contributed by atoms with E-state index in [1.54, 1.807) is 18.2 Å². The van der Waals surface area contributed by atoms with E-state index < -0.39 is 11.8 Å². The van der Waals surface area contributed by atoms with E-state index >= 15 is 0 Å². The van der Waals surface area contributed by atoms with Crippen LogP contribution in [0.4, 0.5) is 16.0 Å². The number of benzene rings is 2. The molecule has 5 nitrogen and oxygen atoms in total. The number of methoxy groups -OCH3 is 1. The third-order valence-electron chi connectivity index (χ3n) is 3.17. The second-order valence-electron chi connectivity index (χ2n) is 4.65. The number of nitrogens with zero attached hydrogens (tertiary/aromatic N) is 1. The fraction of sp³-hybridized carbons (Fsp3) is 0.0667. The van der Waals surface area contributed by atoms with Crippen LogP contribution in [0, 0.1) is 5.82 Å². The minimum absolute atomic E-state index is 0.0558. The number of imidazole rings is 1. The van der Waals surface area contributed by atoms with Crippen LogP contribution in [0.5, 0.6) is 0 Å². The third-order valence-corrected chi connectivity index (χ3v) is 3.99. The van der Waals surface area contributed by atoms with Gasteiger partial charge < -0.3 is 15.0 Å². The Labute approximate surface area is 140 Å². The molecule has 0 spiro atoms. The highest BCUT2D eigenvalue weighted by Gasteiger charge is 2.16. The minimum atomic E-state index is -0.662. The number of halogens is 3. The first kappa shape index (κ1) is 15.6. The van der Waals surface area contributed by atoms with Gasteiger partial charge in [0.1, 0.15) is 5.82 Å². The zero-order valence-electron chi connectivity index (χ0n) is 11.8. The summed E-state index contributed by atoms with van der Waals surface area (Å²) in [6, 6.07) is 7.38. The number of carbonyl (C=O) groups is 1. The molecular formula is C15H10Cl2FN3O2. The SMILES string of the molecule is COC(=O)c1cc(F)cc2nc(Nc3cccc(Cl)c3Cl)[nH]c12. The molecule has 2 aromatic carbocycles. The van der Waals surface area contributed by atoms with Crippen LogP contribution in [0.25, 0.3) is 11.0 Å². The Bertz CT molecular complexity index is 911. The Morgan fingerprint density at radius 3 is 2.87 bits per heavy atom. The van der Waals surface area contributed by atoms with Crippen LogP contribution in [-0.2, 0) is 4.74 Å². The molecule has 23 heavy (non-hydrogen) atoms. The average Bonchev–Trinajstić information content (AvgIpc) is 2.92. The predicted molar refractivity (Wildman–Crippen MR) is 87.1 cm³/mol. The van der Waals surface area contributed by atoms with Gasteiger partial charge in [0.05, 0.1) is 39.4 Å². The molecule has 0 radical (unpaired) electrons. The summed E-state index contributed by atoms with van der Waals surface area (Å²) in [7, 11) is 1.22. The Kier molecular flexibility index (Phi) is 4.11. The van der Waals surface area contributed by atoms with E-state index in [9.17, 15) is 9.18 Å². The van der Waals surface area contributed by atoms with E-state index in [2.05, 4.69) is 20.0 Å². The van der Waals surface area contributed by atoms with E-state index in [4.69, 9.17) is 23.2 Å². The number of anilines is 2. The third kappa shape index (κ3) is 2.95. The zero-order valence-corrected chi connectivity index (χ0v) is 13.3. The summed E-state index contributed by atoms with van der Waals surface area (Å²) >= 11 is 12.1. The van der Waals surface area contributed by atoms with Crippen molar-refractivity contribution in [3.05, 3.63) is 51.8 Å². The summed E-state index contributed by atoms with van der Waals surface area (Å²) in [6.45, 7) is 0. The first-order valence-electron chi connectivity index (χ1n) is 6.48. The molecule has 0 amide bonds. The van der Waals surface area contributed by atoms with Gasteiger partial charge in [0, 0.05) is 6.07 Å². The summed E-state index contributed by atoms with van der Waals surface area (Å²) in [5.41, 5.74) is 1.23. The molecule has 0 unspecified atom stereocenters. The fourth-order valence-electron chi connectivity index (χ4n) is 2.14. The molecule has 0 aliphatic carbocycles. The number of fused-ring (bicyclic) bond motifs is 1. The highest BCUT2D eigenvalue weighted by Crippen LogP contribution is 2.32. The van der Waals surface area contributed by atoms with Crippen molar-refractivity contribution in [2.45, 2.75) is 0 Å². The normalized spacial score (nSPS) is 10.8. The molecule has 118 valence electrons. The van der Waals surface area contributed by atoms with Gasteiger partial charge in [-0.25, -0.2) is 14.2 Å². The molecule has 0 aliphatic rings. The van der Waals surface area contributed by atoms with Gasteiger partial charge in [-0.15, -0.1) is 0 Å². The van der Waals surface area contributed by atoms with E-state index in [0.29, 0.717) is 27.2 Å². The molecule has 3 aromatic rings. The summed E-state index contributed by atoms with van der Waals surface area (Å²) in [6.07, 6.45) is 0. The number of hydrogen-bond acceptors (Lipinski definition) is 4. The van der Waals surface area contributed by atoms with Crippen molar-refractivity contribution in [1.29, 1.82) is 0 Å². The van der Waals surface area contributed by atoms with Gasteiger partial charge in [0.15, 0.2) is 0 Å². The van der Waals surface area contributed by atoms with Crippen LogP contribution < -0.4 is 5.32 Å². The maximum Gasteiger partial charge on any atom is 0.340 e. The second kappa shape index (κ2) is 6.06. The Balaban J connectivity index is 2.06. The maximum atomic E-state index is 13.6. The topological polar surface area (TPSA) is 67.0 Å². The smallest absolute Gasteiger partial charge is 0.340 e. The standard InChI is InChI=1S/C15H10Cl2FN3O2/c1-23-14(22)8-5-7(18)6-11-13(8)21-15(20-11)19-10-4-2-3-9(16)12(10)17/h2-6H,1H3,(H2,19,20,21). The molecule has 2 N–H and O–H groups in total. The van der Waals surface area contributed by atoms with Crippen LogP contribution in [0.3, 0.4) is 0 Å². The lowest BCUT2D eigenvalue weighted by Gasteiger charge is -2.06. The summed E-state index contributed by atoms with van der Waals surface area (Å²) in [5.74, 6) is -0.956. The Morgan fingerprint density at radius 2 is 2.13 bits per heavy atom. The number of nitrogens with one attached hydrogen (secondary N) is 2. The van der Waals surface area contributed by atoms with Crippen molar-refractivity contribution in [3.8, 4) is 0 Å². The van der Waals surface area contributed by atoms with Crippen molar-refractivity contribution in [2.24, 2.45) is 0 Å². The molecule has 0 saturated carbocycles. The Morgan fingerprint density at radius 1 is 1.35 bits per heavy atom. The van der Waals surface area contributed by atoms with Crippen molar-refractivity contribution in [3.63, 3.8) is 0 Å². The van der Waals surface area contributed by atoms with Gasteiger partial charge in [-0.05, 0) is 18.2 Å². The number of aromatic amines is 1. The number of carbonyl (C=O) groups excluding carboxylic acids is 1. The van der Waals surface area contributed by atoms with Gasteiger partial charge in [-0.1, -0.05) is 29.3 Å². The van der Waals surface area contributed by atoms with Crippen LogP contribution in [-0.4, -0.2) is 23.0 Å².